The Hall–Kier alpha value is 0.400. The molecule has 1 aliphatic heterocycles. The van der Waals surface area contributed by atoms with Gasteiger partial charge < -0.3 is 9.80 Å². The summed E-state index contributed by atoms with van der Waals surface area (Å²) in [5.41, 5.74) is 0. The molecule has 0 aromatic heterocycles. The van der Waals surface area contributed by atoms with Gasteiger partial charge in [0.25, 0.3) is 0 Å². The van der Waals surface area contributed by atoms with Crippen LogP contribution in [-0.2, 0) is 0 Å². The van der Waals surface area contributed by atoms with Crippen LogP contribution in [0.2, 0.25) is 0 Å². The molecule has 0 radical (unpaired) electrons. The van der Waals surface area contributed by atoms with Crippen LogP contribution < -0.4 is 0 Å². The van der Waals surface area contributed by atoms with Crippen molar-refractivity contribution in [3.63, 3.8) is 0 Å². The van der Waals surface area contributed by atoms with Gasteiger partial charge >= 0.3 is 0 Å². The molecule has 0 N–H and O–H groups in total. The van der Waals surface area contributed by atoms with Crippen LogP contribution >= 0.6 is 15.9 Å². The predicted molar refractivity (Wildman–Crippen MR) is 56.9 cm³/mol. The molecule has 0 aromatic rings. The zero-order chi connectivity index (χ0) is 8.97. The molecule has 1 aliphatic rings. The minimum Gasteiger partial charge on any atom is -0.306 e. The first kappa shape index (κ1) is 10.5. The van der Waals surface area contributed by atoms with E-state index in [0.717, 1.165) is 11.4 Å². The lowest BCUT2D eigenvalue weighted by Crippen LogP contribution is -2.42. The first-order valence-electron chi connectivity index (χ1n) is 4.69. The summed E-state index contributed by atoms with van der Waals surface area (Å²) in [6, 6.07) is 0.818. The van der Waals surface area contributed by atoms with Crippen molar-refractivity contribution in [1.82, 2.24) is 9.80 Å². The van der Waals surface area contributed by atoms with Crippen LogP contribution in [0, 0.1) is 0 Å². The van der Waals surface area contributed by atoms with Crippen LogP contribution in [0.1, 0.15) is 12.8 Å². The minimum absolute atomic E-state index is 0.818. The Bertz CT molecular complexity index is 122. The van der Waals surface area contributed by atoms with Gasteiger partial charge in [-0.05, 0) is 40.0 Å². The Labute approximate surface area is 84.0 Å². The molecule has 1 heterocycles. The van der Waals surface area contributed by atoms with Crippen molar-refractivity contribution in [2.24, 2.45) is 0 Å². The van der Waals surface area contributed by atoms with E-state index in [-0.39, 0.29) is 0 Å². The Morgan fingerprint density at radius 1 is 1.42 bits per heavy atom. The van der Waals surface area contributed by atoms with Crippen LogP contribution in [0.15, 0.2) is 0 Å². The van der Waals surface area contributed by atoms with Crippen LogP contribution in [0.25, 0.3) is 0 Å². The Morgan fingerprint density at radius 2 is 2.00 bits per heavy atom. The van der Waals surface area contributed by atoms with Gasteiger partial charge in [-0.3, -0.25) is 0 Å². The molecule has 0 saturated carbocycles. The van der Waals surface area contributed by atoms with Gasteiger partial charge in [0.15, 0.2) is 0 Å². The van der Waals surface area contributed by atoms with Crippen LogP contribution in [0.4, 0.5) is 0 Å². The summed E-state index contributed by atoms with van der Waals surface area (Å²) in [4.78, 5) is 4.89. The zero-order valence-electron chi connectivity index (χ0n) is 8.09. The molecule has 0 aliphatic carbocycles. The molecule has 1 rings (SSSR count). The fourth-order valence-electron chi connectivity index (χ4n) is 1.75. The molecule has 0 aromatic carbocycles. The fraction of sp³-hybridized carbons (Fsp3) is 1.00. The molecule has 1 saturated heterocycles. The largest absolute Gasteiger partial charge is 0.306 e. The van der Waals surface area contributed by atoms with E-state index in [1.807, 2.05) is 0 Å². The van der Waals surface area contributed by atoms with E-state index in [9.17, 15) is 0 Å². The average molecular weight is 235 g/mol. The summed E-state index contributed by atoms with van der Waals surface area (Å²) in [7, 11) is 4.44. The lowest BCUT2D eigenvalue weighted by atomic mass is 10.0. The highest BCUT2D eigenvalue weighted by Crippen LogP contribution is 2.13. The number of alkyl halides is 1. The van der Waals surface area contributed by atoms with E-state index in [2.05, 4.69) is 39.8 Å². The molecule has 2 nitrogen and oxygen atoms in total. The molecule has 0 unspecified atom stereocenters. The minimum atomic E-state index is 0.818. The van der Waals surface area contributed by atoms with Gasteiger partial charge in [-0.2, -0.15) is 0 Å². The van der Waals surface area contributed by atoms with Gasteiger partial charge in [0.05, 0.1) is 0 Å². The number of nitrogens with zero attached hydrogens (tertiary/aromatic N) is 2. The zero-order valence-corrected chi connectivity index (χ0v) is 9.68. The third kappa shape index (κ3) is 3.04. The topological polar surface area (TPSA) is 6.48 Å². The Balaban J connectivity index is 2.24. The lowest BCUT2D eigenvalue weighted by molar-refractivity contribution is 0.150. The van der Waals surface area contributed by atoms with Gasteiger partial charge in [0.1, 0.15) is 0 Å². The fourth-order valence-corrected chi connectivity index (χ4v) is 2.31. The Morgan fingerprint density at radius 3 is 2.50 bits per heavy atom. The van der Waals surface area contributed by atoms with Crippen molar-refractivity contribution in [2.45, 2.75) is 18.9 Å². The van der Waals surface area contributed by atoms with Gasteiger partial charge in [-0.25, -0.2) is 0 Å². The van der Waals surface area contributed by atoms with Crippen LogP contribution in [-0.4, -0.2) is 54.9 Å². The second-order valence-corrected chi connectivity index (χ2v) is 4.50. The summed E-state index contributed by atoms with van der Waals surface area (Å²) in [6.45, 7) is 3.70. The lowest BCUT2D eigenvalue weighted by Gasteiger charge is -2.34. The highest BCUT2D eigenvalue weighted by Gasteiger charge is 2.19. The molecule has 0 atom stereocenters. The summed E-state index contributed by atoms with van der Waals surface area (Å²) in [6.07, 6.45) is 2.67. The standard InChI is InChI=1S/C9H19BrN2/c1-11-6-3-9(4-7-11)12(2)8-5-10/h9H,3-8H2,1-2H3. The third-order valence-corrected chi connectivity index (χ3v) is 3.10. The number of piperidine rings is 1. The van der Waals surface area contributed by atoms with E-state index in [1.54, 1.807) is 0 Å². The summed E-state index contributed by atoms with van der Waals surface area (Å²) in [5.74, 6) is 0. The van der Waals surface area contributed by atoms with Crippen molar-refractivity contribution in [3.8, 4) is 0 Å². The van der Waals surface area contributed by atoms with E-state index in [4.69, 9.17) is 0 Å². The third-order valence-electron chi connectivity index (χ3n) is 2.75. The van der Waals surface area contributed by atoms with Crippen molar-refractivity contribution in [1.29, 1.82) is 0 Å². The molecular weight excluding hydrogens is 216 g/mol. The summed E-state index contributed by atoms with van der Waals surface area (Å²) >= 11 is 3.48. The number of hydrogen-bond acceptors (Lipinski definition) is 2. The Kier molecular flexibility index (Phi) is 4.54. The van der Waals surface area contributed by atoms with E-state index in [0.29, 0.717) is 0 Å². The highest BCUT2D eigenvalue weighted by atomic mass is 79.9. The quantitative estimate of drug-likeness (QED) is 0.682. The van der Waals surface area contributed by atoms with Gasteiger partial charge in [0, 0.05) is 17.9 Å². The van der Waals surface area contributed by atoms with Crippen LogP contribution in [0.3, 0.4) is 0 Å². The molecule has 0 spiro atoms. The number of rotatable bonds is 3. The normalized spacial score (nSPS) is 22.0. The average Bonchev–Trinajstić information content (AvgIpc) is 2.06. The van der Waals surface area contributed by atoms with Gasteiger partial charge in [-0.15, -0.1) is 0 Å². The van der Waals surface area contributed by atoms with Crippen molar-refractivity contribution < 1.29 is 0 Å². The second kappa shape index (κ2) is 5.20. The predicted octanol–water partition coefficient (Wildman–Crippen LogP) is 1.41. The van der Waals surface area contributed by atoms with Crippen LogP contribution in [0.5, 0.6) is 0 Å². The molecule has 72 valence electrons. The maximum atomic E-state index is 3.48. The first-order chi connectivity index (χ1) is 5.74. The monoisotopic (exact) mass is 234 g/mol. The van der Waals surface area contributed by atoms with Gasteiger partial charge in [0.2, 0.25) is 0 Å². The molecule has 0 bridgehead atoms. The number of hydrogen-bond donors (Lipinski definition) is 0. The molecule has 12 heavy (non-hydrogen) atoms. The van der Waals surface area contributed by atoms with E-state index >= 15 is 0 Å². The molecular formula is C9H19BrN2. The SMILES string of the molecule is CN1CCC(N(C)CCBr)CC1. The van der Waals surface area contributed by atoms with Crippen molar-refractivity contribution in [3.05, 3.63) is 0 Å². The molecule has 1 fully saturated rings. The molecule has 0 amide bonds. The summed E-state index contributed by atoms with van der Waals surface area (Å²) in [5, 5.41) is 1.09. The van der Waals surface area contributed by atoms with E-state index < -0.39 is 0 Å². The van der Waals surface area contributed by atoms with Crippen molar-refractivity contribution >= 4 is 15.9 Å². The number of likely N-dealkylation sites (tertiary alicyclic amines) is 1. The highest BCUT2D eigenvalue weighted by molar-refractivity contribution is 9.09. The smallest absolute Gasteiger partial charge is 0.0159 e. The maximum absolute atomic E-state index is 3.48. The van der Waals surface area contributed by atoms with Crippen molar-refractivity contribution in [2.75, 3.05) is 39.1 Å². The number of halogens is 1. The first-order valence-corrected chi connectivity index (χ1v) is 5.81. The summed E-state index contributed by atoms with van der Waals surface area (Å²) < 4.78 is 0. The molecule has 3 heteroatoms. The van der Waals surface area contributed by atoms with Gasteiger partial charge in [-0.1, -0.05) is 15.9 Å². The second-order valence-electron chi connectivity index (χ2n) is 3.70. The maximum Gasteiger partial charge on any atom is 0.0159 e. The van der Waals surface area contributed by atoms with E-state index in [1.165, 1.54) is 32.5 Å².